The van der Waals surface area contributed by atoms with Gasteiger partial charge in [-0.2, -0.15) is 0 Å². The monoisotopic (exact) mass is 198 g/mol. The smallest absolute Gasteiger partial charge is 0.150 e. The van der Waals surface area contributed by atoms with Gasteiger partial charge in [0.15, 0.2) is 0 Å². The van der Waals surface area contributed by atoms with E-state index < -0.39 is 6.10 Å². The Bertz CT molecular complexity index is 268. The number of thioether (sulfide) groups is 1. The van der Waals surface area contributed by atoms with E-state index in [0.717, 1.165) is 10.6 Å². The van der Waals surface area contributed by atoms with E-state index in [1.807, 2.05) is 24.4 Å². The molecule has 0 saturated carbocycles. The van der Waals surface area contributed by atoms with Crippen LogP contribution in [0.15, 0.2) is 17.5 Å². The first-order valence-corrected chi connectivity index (χ1v) is 5.55. The molecular weight excluding hydrogens is 188 g/mol. The highest BCUT2D eigenvalue weighted by atomic mass is 32.2. The lowest BCUT2D eigenvalue weighted by Crippen LogP contribution is -1.87. The molecule has 0 aliphatic heterocycles. The molecule has 1 atom stereocenters. The molecule has 12 heavy (non-hydrogen) atoms. The van der Waals surface area contributed by atoms with Gasteiger partial charge in [-0.15, -0.1) is 11.3 Å². The molecule has 0 aliphatic carbocycles. The fourth-order valence-corrected chi connectivity index (χ4v) is 1.69. The van der Waals surface area contributed by atoms with E-state index in [1.54, 1.807) is 0 Å². The van der Waals surface area contributed by atoms with E-state index in [-0.39, 0.29) is 0 Å². The maximum Gasteiger partial charge on any atom is 0.150 e. The molecular formula is C9H10OS2. The summed E-state index contributed by atoms with van der Waals surface area (Å²) in [4.78, 5) is 0.916. The van der Waals surface area contributed by atoms with E-state index >= 15 is 0 Å². The van der Waals surface area contributed by atoms with Gasteiger partial charge in [0, 0.05) is 10.6 Å². The third kappa shape index (κ3) is 2.90. The minimum atomic E-state index is -0.607. The molecule has 0 spiro atoms. The van der Waals surface area contributed by atoms with Crippen LogP contribution >= 0.6 is 23.1 Å². The van der Waals surface area contributed by atoms with E-state index in [4.69, 9.17) is 0 Å². The molecule has 0 aliphatic rings. The first-order chi connectivity index (χ1) is 5.84. The summed E-state index contributed by atoms with van der Waals surface area (Å²) < 4.78 is 0. The summed E-state index contributed by atoms with van der Waals surface area (Å²) in [6, 6.07) is 3.80. The van der Waals surface area contributed by atoms with E-state index in [9.17, 15) is 5.11 Å². The van der Waals surface area contributed by atoms with Gasteiger partial charge in [0.05, 0.1) is 0 Å². The van der Waals surface area contributed by atoms with E-state index in [1.165, 1.54) is 23.1 Å². The SMILES string of the molecule is CCSC#CC(O)c1cccs1. The second-order valence-corrected chi connectivity index (χ2v) is 4.15. The number of rotatable bonds is 2. The molecule has 1 rings (SSSR count). The van der Waals surface area contributed by atoms with Crippen molar-refractivity contribution in [3.63, 3.8) is 0 Å². The Morgan fingerprint density at radius 3 is 3.17 bits per heavy atom. The molecule has 64 valence electrons. The van der Waals surface area contributed by atoms with Gasteiger partial charge < -0.3 is 5.11 Å². The van der Waals surface area contributed by atoms with Crippen LogP contribution in [0.3, 0.4) is 0 Å². The van der Waals surface area contributed by atoms with Gasteiger partial charge >= 0.3 is 0 Å². The van der Waals surface area contributed by atoms with Crippen LogP contribution in [0.25, 0.3) is 0 Å². The predicted molar refractivity (Wildman–Crippen MR) is 55.2 cm³/mol. The Labute approximate surface area is 80.8 Å². The summed E-state index contributed by atoms with van der Waals surface area (Å²) in [7, 11) is 0. The van der Waals surface area contributed by atoms with Gasteiger partial charge in [-0.25, -0.2) is 0 Å². The normalized spacial score (nSPS) is 11.8. The molecule has 1 heterocycles. The number of aliphatic hydroxyl groups is 1. The Morgan fingerprint density at radius 2 is 2.58 bits per heavy atom. The van der Waals surface area contributed by atoms with Crippen molar-refractivity contribution >= 4 is 23.1 Å². The summed E-state index contributed by atoms with van der Waals surface area (Å²) in [5.74, 6) is 3.73. The van der Waals surface area contributed by atoms with Crippen LogP contribution in [0.1, 0.15) is 17.9 Å². The average Bonchev–Trinajstić information content (AvgIpc) is 2.56. The molecule has 1 aromatic rings. The average molecular weight is 198 g/mol. The van der Waals surface area contributed by atoms with Crippen LogP contribution in [0, 0.1) is 11.2 Å². The van der Waals surface area contributed by atoms with Crippen LogP contribution in [0.5, 0.6) is 0 Å². The molecule has 0 amide bonds. The lowest BCUT2D eigenvalue weighted by Gasteiger charge is -1.96. The van der Waals surface area contributed by atoms with Crippen LogP contribution in [0.2, 0.25) is 0 Å². The highest BCUT2D eigenvalue weighted by molar-refractivity contribution is 8.03. The predicted octanol–water partition coefficient (Wildman–Crippen LogP) is 2.50. The Kier molecular flexibility index (Phi) is 4.23. The van der Waals surface area contributed by atoms with Crippen molar-refractivity contribution in [1.29, 1.82) is 0 Å². The lowest BCUT2D eigenvalue weighted by atomic mass is 10.3. The van der Waals surface area contributed by atoms with Gasteiger partial charge in [0.25, 0.3) is 0 Å². The molecule has 0 bridgehead atoms. The summed E-state index contributed by atoms with van der Waals surface area (Å²) >= 11 is 3.04. The van der Waals surface area contributed by atoms with Crippen molar-refractivity contribution in [2.45, 2.75) is 13.0 Å². The Morgan fingerprint density at radius 1 is 1.75 bits per heavy atom. The van der Waals surface area contributed by atoms with Gasteiger partial charge in [0.2, 0.25) is 0 Å². The first-order valence-electron chi connectivity index (χ1n) is 3.68. The zero-order valence-corrected chi connectivity index (χ0v) is 8.41. The third-order valence-electron chi connectivity index (χ3n) is 1.22. The van der Waals surface area contributed by atoms with Crippen molar-refractivity contribution in [3.05, 3.63) is 22.4 Å². The van der Waals surface area contributed by atoms with Crippen molar-refractivity contribution < 1.29 is 5.11 Å². The number of thiophene rings is 1. The summed E-state index contributed by atoms with van der Waals surface area (Å²) in [6.45, 7) is 2.04. The fourth-order valence-electron chi connectivity index (χ4n) is 0.688. The van der Waals surface area contributed by atoms with E-state index in [0.29, 0.717) is 0 Å². The molecule has 0 radical (unpaired) electrons. The highest BCUT2D eigenvalue weighted by Crippen LogP contribution is 2.17. The van der Waals surface area contributed by atoms with Crippen LogP contribution in [0.4, 0.5) is 0 Å². The molecule has 0 aromatic carbocycles. The first kappa shape index (κ1) is 9.66. The van der Waals surface area contributed by atoms with Crippen LogP contribution in [-0.4, -0.2) is 10.9 Å². The van der Waals surface area contributed by atoms with Gasteiger partial charge in [-0.05, 0) is 16.7 Å². The number of hydrogen-bond donors (Lipinski definition) is 1. The van der Waals surface area contributed by atoms with Crippen molar-refractivity contribution in [1.82, 2.24) is 0 Å². The summed E-state index contributed by atoms with van der Waals surface area (Å²) in [6.07, 6.45) is -0.607. The number of aliphatic hydroxyl groups excluding tert-OH is 1. The maximum absolute atomic E-state index is 9.46. The second-order valence-electron chi connectivity index (χ2n) is 2.10. The van der Waals surface area contributed by atoms with Gasteiger partial charge in [-0.3, -0.25) is 0 Å². The van der Waals surface area contributed by atoms with Gasteiger partial charge in [0.1, 0.15) is 6.10 Å². The molecule has 0 fully saturated rings. The minimum absolute atomic E-state index is 0.607. The fraction of sp³-hybridized carbons (Fsp3) is 0.333. The summed E-state index contributed by atoms with van der Waals surface area (Å²) in [5.41, 5.74) is 0. The number of hydrogen-bond acceptors (Lipinski definition) is 3. The van der Waals surface area contributed by atoms with Gasteiger partial charge in [-0.1, -0.05) is 30.7 Å². The zero-order chi connectivity index (χ0) is 8.81. The van der Waals surface area contributed by atoms with E-state index in [2.05, 4.69) is 11.2 Å². The largest absolute Gasteiger partial charge is 0.375 e. The van der Waals surface area contributed by atoms with Crippen LogP contribution < -0.4 is 0 Å². The second kappa shape index (κ2) is 5.26. The Hall–Kier alpha value is -0.430. The third-order valence-corrected chi connectivity index (χ3v) is 2.70. The standard InChI is InChI=1S/C9H10OS2/c1-2-11-7-5-8(10)9-4-3-6-12-9/h3-4,6,8,10H,2H2,1H3. The van der Waals surface area contributed by atoms with Crippen molar-refractivity contribution in [3.8, 4) is 11.2 Å². The molecule has 3 heteroatoms. The van der Waals surface area contributed by atoms with Crippen LogP contribution in [-0.2, 0) is 0 Å². The molecule has 0 saturated heterocycles. The minimum Gasteiger partial charge on any atom is -0.375 e. The van der Waals surface area contributed by atoms with Crippen molar-refractivity contribution in [2.24, 2.45) is 0 Å². The molecule has 1 N–H and O–H groups in total. The maximum atomic E-state index is 9.46. The highest BCUT2D eigenvalue weighted by Gasteiger charge is 2.02. The Balaban J connectivity index is 2.51. The summed E-state index contributed by atoms with van der Waals surface area (Å²) in [5, 5.41) is 14.2. The zero-order valence-electron chi connectivity index (χ0n) is 6.78. The van der Waals surface area contributed by atoms with Crippen molar-refractivity contribution in [2.75, 3.05) is 5.75 Å². The molecule has 1 aromatic heterocycles. The quantitative estimate of drug-likeness (QED) is 0.737. The molecule has 1 nitrogen and oxygen atoms in total. The molecule has 1 unspecified atom stereocenters. The lowest BCUT2D eigenvalue weighted by molar-refractivity contribution is 0.242. The topological polar surface area (TPSA) is 20.2 Å².